The molecule has 3 aromatic carbocycles. The summed E-state index contributed by atoms with van der Waals surface area (Å²) in [6, 6.07) is 26.9. The van der Waals surface area contributed by atoms with E-state index in [1.165, 1.54) is 16.7 Å². The quantitative estimate of drug-likeness (QED) is 0.613. The fourth-order valence-corrected chi connectivity index (χ4v) is 2.77. The summed E-state index contributed by atoms with van der Waals surface area (Å²) in [6.07, 6.45) is 0. The van der Waals surface area contributed by atoms with Gasteiger partial charge in [-0.25, -0.2) is 0 Å². The Morgan fingerprint density at radius 1 is 0.808 bits per heavy atom. The van der Waals surface area contributed by atoms with Crippen molar-refractivity contribution in [3.63, 3.8) is 0 Å². The fourth-order valence-electron chi connectivity index (χ4n) is 2.77. The number of nitrogens with one attached hydrogen (secondary N) is 1. The highest BCUT2D eigenvalue weighted by atomic mass is 16.5. The van der Waals surface area contributed by atoms with Crippen LogP contribution in [-0.4, -0.2) is 7.11 Å². The van der Waals surface area contributed by atoms with E-state index in [9.17, 15) is 0 Å². The Hall–Kier alpha value is -2.78. The molecule has 0 heterocycles. The lowest BCUT2D eigenvalue weighted by Gasteiger charge is -2.15. The van der Waals surface area contributed by atoms with Gasteiger partial charge >= 0.3 is 0 Å². The Kier molecular flexibility index (Phi) is 6.29. The molecule has 0 radical (unpaired) electrons. The summed E-state index contributed by atoms with van der Waals surface area (Å²) < 4.78 is 11.1. The van der Waals surface area contributed by atoms with E-state index in [1.54, 1.807) is 7.11 Å². The molecule has 0 bridgehead atoms. The zero-order chi connectivity index (χ0) is 18.2. The van der Waals surface area contributed by atoms with Crippen LogP contribution in [0.3, 0.4) is 0 Å². The van der Waals surface area contributed by atoms with E-state index < -0.39 is 0 Å². The average molecular weight is 347 g/mol. The van der Waals surface area contributed by atoms with Crippen molar-refractivity contribution in [3.05, 3.63) is 95.6 Å². The smallest absolute Gasteiger partial charge is 0.120 e. The largest absolute Gasteiger partial charge is 0.497 e. The van der Waals surface area contributed by atoms with E-state index in [1.807, 2.05) is 42.5 Å². The topological polar surface area (TPSA) is 30.5 Å². The lowest BCUT2D eigenvalue weighted by atomic mass is 10.1. The van der Waals surface area contributed by atoms with Gasteiger partial charge in [0.2, 0.25) is 0 Å². The predicted octanol–water partition coefficient (Wildman–Crippen LogP) is 5.13. The molecule has 1 unspecified atom stereocenters. The Balaban J connectivity index is 1.54. The first-order valence-electron chi connectivity index (χ1n) is 8.87. The number of hydrogen-bond donors (Lipinski definition) is 1. The molecular formula is C23H25NO2. The van der Waals surface area contributed by atoms with Crippen LogP contribution in [0, 0.1) is 0 Å². The summed E-state index contributed by atoms with van der Waals surface area (Å²) in [4.78, 5) is 0. The molecule has 0 saturated heterocycles. The van der Waals surface area contributed by atoms with Gasteiger partial charge in [-0.15, -0.1) is 0 Å². The van der Waals surface area contributed by atoms with Gasteiger partial charge in [-0.1, -0.05) is 54.6 Å². The van der Waals surface area contributed by atoms with Crippen molar-refractivity contribution >= 4 is 0 Å². The molecule has 26 heavy (non-hydrogen) atoms. The van der Waals surface area contributed by atoms with Crippen LogP contribution in [-0.2, 0) is 13.2 Å². The Labute approximate surface area is 155 Å². The van der Waals surface area contributed by atoms with E-state index in [4.69, 9.17) is 9.47 Å². The maximum atomic E-state index is 5.91. The zero-order valence-corrected chi connectivity index (χ0v) is 15.3. The summed E-state index contributed by atoms with van der Waals surface area (Å²) in [7, 11) is 1.68. The van der Waals surface area contributed by atoms with Gasteiger partial charge in [-0.05, 0) is 47.9 Å². The van der Waals surface area contributed by atoms with Gasteiger partial charge in [0.05, 0.1) is 7.11 Å². The molecule has 0 aromatic heterocycles. The van der Waals surface area contributed by atoms with Crippen LogP contribution in [0.15, 0.2) is 78.9 Å². The van der Waals surface area contributed by atoms with Gasteiger partial charge in [0.15, 0.2) is 0 Å². The van der Waals surface area contributed by atoms with E-state index in [0.717, 1.165) is 18.0 Å². The normalized spacial score (nSPS) is 11.8. The van der Waals surface area contributed by atoms with Crippen molar-refractivity contribution in [1.82, 2.24) is 5.32 Å². The maximum absolute atomic E-state index is 5.91. The van der Waals surface area contributed by atoms with Crippen LogP contribution in [0.5, 0.6) is 11.5 Å². The number of ether oxygens (including phenoxy) is 2. The summed E-state index contributed by atoms with van der Waals surface area (Å²) in [6.45, 7) is 3.53. The van der Waals surface area contributed by atoms with Gasteiger partial charge in [-0.2, -0.15) is 0 Å². The Morgan fingerprint density at radius 3 is 2.27 bits per heavy atom. The molecule has 134 valence electrons. The van der Waals surface area contributed by atoms with Crippen LogP contribution in [0.25, 0.3) is 0 Å². The van der Waals surface area contributed by atoms with Gasteiger partial charge in [-0.3, -0.25) is 0 Å². The van der Waals surface area contributed by atoms with Crippen LogP contribution in [0.2, 0.25) is 0 Å². The number of methoxy groups -OCH3 is 1. The van der Waals surface area contributed by atoms with Gasteiger partial charge in [0.1, 0.15) is 18.1 Å². The maximum Gasteiger partial charge on any atom is 0.120 e. The Bertz CT molecular complexity index is 800. The van der Waals surface area contributed by atoms with Gasteiger partial charge in [0.25, 0.3) is 0 Å². The molecule has 0 saturated carbocycles. The summed E-state index contributed by atoms with van der Waals surface area (Å²) in [5.74, 6) is 1.77. The van der Waals surface area contributed by atoms with Gasteiger partial charge < -0.3 is 14.8 Å². The third-order valence-corrected chi connectivity index (χ3v) is 4.37. The van der Waals surface area contributed by atoms with Crippen molar-refractivity contribution in [3.8, 4) is 11.5 Å². The zero-order valence-electron chi connectivity index (χ0n) is 15.3. The van der Waals surface area contributed by atoms with Crippen molar-refractivity contribution in [2.75, 3.05) is 7.11 Å². The van der Waals surface area contributed by atoms with Crippen molar-refractivity contribution in [2.24, 2.45) is 0 Å². The summed E-state index contributed by atoms with van der Waals surface area (Å²) in [5, 5.41) is 3.56. The predicted molar refractivity (Wildman–Crippen MR) is 105 cm³/mol. The van der Waals surface area contributed by atoms with E-state index in [0.29, 0.717) is 6.61 Å². The van der Waals surface area contributed by atoms with Crippen LogP contribution >= 0.6 is 0 Å². The second-order valence-electron chi connectivity index (χ2n) is 6.30. The standard InChI is InChI=1S/C23H25NO2/c1-18(21-11-13-22(25-2)14-12-21)24-16-20-9-6-10-23(15-20)26-17-19-7-4-3-5-8-19/h3-15,18,24H,16-17H2,1-2H3. The minimum absolute atomic E-state index is 0.259. The van der Waals surface area contributed by atoms with Crippen molar-refractivity contribution in [2.45, 2.75) is 26.1 Å². The SMILES string of the molecule is COc1ccc(C(C)NCc2cccc(OCc3ccccc3)c2)cc1. The second-order valence-corrected chi connectivity index (χ2v) is 6.30. The third-order valence-electron chi connectivity index (χ3n) is 4.37. The number of benzene rings is 3. The molecule has 1 atom stereocenters. The molecule has 3 aromatic rings. The summed E-state index contributed by atoms with van der Waals surface area (Å²) in [5.41, 5.74) is 3.61. The highest BCUT2D eigenvalue weighted by Crippen LogP contribution is 2.19. The summed E-state index contributed by atoms with van der Waals surface area (Å²) >= 11 is 0. The first kappa shape index (κ1) is 18.0. The van der Waals surface area contributed by atoms with Crippen LogP contribution in [0.4, 0.5) is 0 Å². The highest BCUT2D eigenvalue weighted by Gasteiger charge is 2.06. The monoisotopic (exact) mass is 347 g/mol. The molecule has 3 heteroatoms. The molecule has 0 amide bonds. The van der Waals surface area contributed by atoms with Crippen molar-refractivity contribution in [1.29, 1.82) is 0 Å². The lowest BCUT2D eigenvalue weighted by Crippen LogP contribution is -2.18. The van der Waals surface area contributed by atoms with Crippen LogP contribution in [0.1, 0.15) is 29.7 Å². The van der Waals surface area contributed by atoms with E-state index >= 15 is 0 Å². The molecule has 0 aliphatic heterocycles. The average Bonchev–Trinajstić information content (AvgIpc) is 2.71. The molecule has 0 fully saturated rings. The molecule has 1 N–H and O–H groups in total. The van der Waals surface area contributed by atoms with Gasteiger partial charge in [0, 0.05) is 12.6 Å². The highest BCUT2D eigenvalue weighted by molar-refractivity contribution is 5.30. The molecule has 0 aliphatic rings. The fraction of sp³-hybridized carbons (Fsp3) is 0.217. The van der Waals surface area contributed by atoms with E-state index in [-0.39, 0.29) is 6.04 Å². The minimum atomic E-state index is 0.259. The molecule has 3 nitrogen and oxygen atoms in total. The first-order valence-corrected chi connectivity index (χ1v) is 8.87. The second kappa shape index (κ2) is 9.07. The lowest BCUT2D eigenvalue weighted by molar-refractivity contribution is 0.306. The first-order chi connectivity index (χ1) is 12.7. The molecule has 0 spiro atoms. The van der Waals surface area contributed by atoms with Crippen molar-refractivity contribution < 1.29 is 9.47 Å². The minimum Gasteiger partial charge on any atom is -0.497 e. The number of rotatable bonds is 8. The molecular weight excluding hydrogens is 322 g/mol. The number of hydrogen-bond acceptors (Lipinski definition) is 3. The van der Waals surface area contributed by atoms with E-state index in [2.05, 4.69) is 48.6 Å². The van der Waals surface area contributed by atoms with Crippen LogP contribution < -0.4 is 14.8 Å². The third kappa shape index (κ3) is 5.11. The Morgan fingerprint density at radius 2 is 1.54 bits per heavy atom. The molecule has 3 rings (SSSR count). The molecule has 0 aliphatic carbocycles.